The third kappa shape index (κ3) is 5.88. The van der Waals surface area contributed by atoms with Gasteiger partial charge in [-0.2, -0.15) is 0 Å². The highest BCUT2D eigenvalue weighted by atomic mass is 32.2. The predicted octanol–water partition coefficient (Wildman–Crippen LogP) is 4.86. The number of sulfonamides is 1. The van der Waals surface area contributed by atoms with Gasteiger partial charge in [0.25, 0.3) is 10.0 Å². The molecule has 0 bridgehead atoms. The Kier molecular flexibility index (Phi) is 8.80. The smallest absolute Gasteiger partial charge is 0.265 e. The summed E-state index contributed by atoms with van der Waals surface area (Å²) in [5.41, 5.74) is 1.52. The summed E-state index contributed by atoms with van der Waals surface area (Å²) in [5.74, 6) is 0.336. The number of benzene rings is 3. The first-order chi connectivity index (χ1) is 18.7. The summed E-state index contributed by atoms with van der Waals surface area (Å²) in [4.78, 5) is 28.7. The highest BCUT2D eigenvalue weighted by Gasteiger charge is 2.35. The van der Waals surface area contributed by atoms with E-state index in [2.05, 4.69) is 5.32 Å². The van der Waals surface area contributed by atoms with E-state index in [4.69, 9.17) is 4.74 Å². The summed E-state index contributed by atoms with van der Waals surface area (Å²) >= 11 is 0. The fraction of sp³-hybridized carbons (Fsp3) is 0.400. The molecule has 4 rings (SSSR count). The van der Waals surface area contributed by atoms with E-state index in [0.717, 1.165) is 22.8 Å². The van der Waals surface area contributed by atoms with Crippen LogP contribution < -0.4 is 14.4 Å². The van der Waals surface area contributed by atoms with Gasteiger partial charge in [0, 0.05) is 30.9 Å². The minimum atomic E-state index is -3.69. The molecule has 0 fully saturated rings. The van der Waals surface area contributed by atoms with Crippen LogP contribution in [0, 0.1) is 0 Å². The molecule has 9 heteroatoms. The Morgan fingerprint density at radius 3 is 2.33 bits per heavy atom. The number of carbonyl (C=O) groups is 2. The monoisotopic (exact) mass is 551 g/mol. The Morgan fingerprint density at radius 2 is 1.69 bits per heavy atom. The van der Waals surface area contributed by atoms with Gasteiger partial charge in [-0.25, -0.2) is 8.42 Å². The number of hydrogen-bond acceptors (Lipinski definition) is 5. The van der Waals surface area contributed by atoms with Gasteiger partial charge in [0.05, 0.1) is 17.7 Å². The van der Waals surface area contributed by atoms with Crippen molar-refractivity contribution in [1.29, 1.82) is 0 Å². The van der Waals surface area contributed by atoms with Crippen molar-refractivity contribution in [1.82, 2.24) is 10.2 Å². The third-order valence-corrected chi connectivity index (χ3v) is 9.19. The summed E-state index contributed by atoms with van der Waals surface area (Å²) < 4.78 is 33.3. The molecule has 1 aliphatic rings. The SMILES string of the molecule is CC[C@@H](C)NC(=O)[C@H](CC)N(Cc1ccc(OC)cc1)C(=O)CCCN1c2cccc3cccc(c23)S1(=O)=O. The van der Waals surface area contributed by atoms with Crippen LogP contribution in [0.3, 0.4) is 0 Å². The Balaban J connectivity index is 1.52. The lowest BCUT2D eigenvalue weighted by Gasteiger charge is -2.32. The van der Waals surface area contributed by atoms with Crippen molar-refractivity contribution in [2.45, 2.75) is 70.0 Å². The molecule has 3 aromatic carbocycles. The quantitative estimate of drug-likeness (QED) is 0.347. The van der Waals surface area contributed by atoms with Crippen LogP contribution in [0.2, 0.25) is 0 Å². The van der Waals surface area contributed by atoms with Gasteiger partial charge in [-0.3, -0.25) is 13.9 Å². The van der Waals surface area contributed by atoms with Gasteiger partial charge in [0.15, 0.2) is 0 Å². The second-order valence-corrected chi connectivity index (χ2v) is 11.8. The maximum absolute atomic E-state index is 13.6. The van der Waals surface area contributed by atoms with E-state index in [9.17, 15) is 18.0 Å². The number of nitrogens with one attached hydrogen (secondary N) is 1. The van der Waals surface area contributed by atoms with Gasteiger partial charge in [0.1, 0.15) is 11.8 Å². The van der Waals surface area contributed by atoms with Crippen molar-refractivity contribution in [2.75, 3.05) is 18.0 Å². The summed E-state index contributed by atoms with van der Waals surface area (Å²) in [6.45, 7) is 6.27. The number of nitrogens with zero attached hydrogens (tertiary/aromatic N) is 2. The van der Waals surface area contributed by atoms with Crippen molar-refractivity contribution in [3.05, 3.63) is 66.2 Å². The normalized spacial score (nSPS) is 15.1. The van der Waals surface area contributed by atoms with E-state index in [1.165, 1.54) is 4.31 Å². The Bertz CT molecular complexity index is 1430. The van der Waals surface area contributed by atoms with Gasteiger partial charge in [-0.15, -0.1) is 0 Å². The molecule has 1 N–H and O–H groups in total. The van der Waals surface area contributed by atoms with Crippen LogP contribution in [0.1, 0.15) is 52.0 Å². The number of anilines is 1. The molecule has 0 spiro atoms. The van der Waals surface area contributed by atoms with E-state index < -0.39 is 16.1 Å². The molecule has 0 saturated heterocycles. The maximum Gasteiger partial charge on any atom is 0.265 e. The van der Waals surface area contributed by atoms with E-state index >= 15 is 0 Å². The molecular weight excluding hydrogens is 514 g/mol. The largest absolute Gasteiger partial charge is 0.497 e. The summed E-state index contributed by atoms with van der Waals surface area (Å²) in [6.07, 6.45) is 1.68. The molecule has 2 atom stereocenters. The first kappa shape index (κ1) is 28.4. The molecular formula is C30H37N3O5S. The van der Waals surface area contributed by atoms with Crippen LogP contribution in [-0.2, 0) is 26.2 Å². The second kappa shape index (κ2) is 12.1. The van der Waals surface area contributed by atoms with E-state index in [-0.39, 0.29) is 37.4 Å². The summed E-state index contributed by atoms with van der Waals surface area (Å²) in [5, 5.41) is 4.61. The Labute approximate surface area is 231 Å². The number of ether oxygens (including phenoxy) is 1. The minimum Gasteiger partial charge on any atom is -0.497 e. The van der Waals surface area contributed by atoms with E-state index in [1.807, 2.05) is 63.2 Å². The molecule has 1 aliphatic heterocycles. The number of amides is 2. The van der Waals surface area contributed by atoms with Crippen LogP contribution >= 0.6 is 0 Å². The standard InChI is InChI=1S/C30H37N3O5S/c1-5-21(3)31-30(35)25(6-2)32(20-22-15-17-24(38-4)18-16-22)28(34)14-9-19-33-26-12-7-10-23-11-8-13-27(29(23)26)39(33,36)37/h7-8,10-13,15-18,21,25H,5-6,9,14,19-20H2,1-4H3,(H,31,35)/t21-,25+/m1/s1. The molecule has 0 radical (unpaired) electrons. The number of methoxy groups -OCH3 is 1. The summed E-state index contributed by atoms with van der Waals surface area (Å²) in [7, 11) is -2.10. The summed E-state index contributed by atoms with van der Waals surface area (Å²) in [6, 6.07) is 17.6. The molecule has 1 heterocycles. The van der Waals surface area contributed by atoms with E-state index in [1.54, 1.807) is 30.2 Å². The number of rotatable bonds is 12. The molecule has 39 heavy (non-hydrogen) atoms. The lowest BCUT2D eigenvalue weighted by atomic mass is 10.1. The van der Waals surface area contributed by atoms with Crippen LogP contribution in [0.4, 0.5) is 5.69 Å². The Hall–Kier alpha value is -3.59. The third-order valence-electron chi connectivity index (χ3n) is 7.33. The lowest BCUT2D eigenvalue weighted by Crippen LogP contribution is -2.50. The highest BCUT2D eigenvalue weighted by Crippen LogP contribution is 2.42. The van der Waals surface area contributed by atoms with E-state index in [0.29, 0.717) is 29.2 Å². The Morgan fingerprint density at radius 1 is 1.00 bits per heavy atom. The van der Waals surface area contributed by atoms with Crippen molar-refractivity contribution in [3.8, 4) is 5.75 Å². The molecule has 208 valence electrons. The molecule has 2 amide bonds. The molecule has 0 saturated carbocycles. The maximum atomic E-state index is 13.6. The molecule has 0 aromatic heterocycles. The van der Waals surface area contributed by atoms with Crippen molar-refractivity contribution in [2.24, 2.45) is 0 Å². The van der Waals surface area contributed by atoms with Crippen LogP contribution in [0.15, 0.2) is 65.6 Å². The fourth-order valence-corrected chi connectivity index (χ4v) is 6.75. The second-order valence-electron chi connectivity index (χ2n) is 9.92. The number of carbonyl (C=O) groups excluding carboxylic acids is 2. The molecule has 8 nitrogen and oxygen atoms in total. The van der Waals surface area contributed by atoms with Crippen LogP contribution in [0.5, 0.6) is 5.75 Å². The first-order valence-electron chi connectivity index (χ1n) is 13.5. The average Bonchev–Trinajstić information content (AvgIpc) is 3.16. The topological polar surface area (TPSA) is 96.0 Å². The van der Waals surface area contributed by atoms with Crippen LogP contribution in [-0.4, -0.2) is 50.9 Å². The van der Waals surface area contributed by atoms with Gasteiger partial charge in [-0.1, -0.05) is 50.2 Å². The lowest BCUT2D eigenvalue weighted by molar-refractivity contribution is -0.141. The molecule has 3 aromatic rings. The van der Waals surface area contributed by atoms with Crippen molar-refractivity contribution >= 4 is 38.3 Å². The first-order valence-corrected chi connectivity index (χ1v) is 14.9. The minimum absolute atomic E-state index is 0.00537. The molecule has 0 aliphatic carbocycles. The van der Waals surface area contributed by atoms with Crippen LogP contribution in [0.25, 0.3) is 10.8 Å². The zero-order valence-electron chi connectivity index (χ0n) is 23.0. The van der Waals surface area contributed by atoms with Gasteiger partial charge in [-0.05, 0) is 61.4 Å². The predicted molar refractivity (Wildman–Crippen MR) is 153 cm³/mol. The average molecular weight is 552 g/mol. The van der Waals surface area contributed by atoms with Crippen molar-refractivity contribution < 1.29 is 22.7 Å². The van der Waals surface area contributed by atoms with Crippen molar-refractivity contribution in [3.63, 3.8) is 0 Å². The van der Waals surface area contributed by atoms with Gasteiger partial charge in [0.2, 0.25) is 11.8 Å². The molecule has 0 unspecified atom stereocenters. The fourth-order valence-electron chi connectivity index (χ4n) is 5.00. The zero-order valence-corrected chi connectivity index (χ0v) is 23.8. The van der Waals surface area contributed by atoms with Gasteiger partial charge < -0.3 is 15.0 Å². The highest BCUT2D eigenvalue weighted by molar-refractivity contribution is 7.93. The zero-order chi connectivity index (χ0) is 28.2. The number of hydrogen-bond donors (Lipinski definition) is 1. The van der Waals surface area contributed by atoms with Gasteiger partial charge >= 0.3 is 0 Å².